The van der Waals surface area contributed by atoms with Gasteiger partial charge in [0.05, 0.1) is 0 Å². The lowest BCUT2D eigenvalue weighted by Crippen LogP contribution is -2.55. The van der Waals surface area contributed by atoms with Gasteiger partial charge in [0.1, 0.15) is 12.2 Å². The first-order chi connectivity index (χ1) is 5.96. The van der Waals surface area contributed by atoms with Gasteiger partial charge in [-0.25, -0.2) is 4.79 Å². The van der Waals surface area contributed by atoms with Crippen molar-refractivity contribution in [1.29, 1.82) is 0 Å². The van der Waals surface area contributed by atoms with Gasteiger partial charge in [-0.1, -0.05) is 0 Å². The lowest BCUT2D eigenvalue weighted by Gasteiger charge is -2.28. The lowest BCUT2D eigenvalue weighted by atomic mass is 9.93. The van der Waals surface area contributed by atoms with Crippen LogP contribution in [0.4, 0.5) is 0 Å². The molecule has 3 N–H and O–H groups in total. The number of aliphatic hydroxyl groups is 2. The van der Waals surface area contributed by atoms with Gasteiger partial charge in [0.25, 0.3) is 0 Å². The summed E-state index contributed by atoms with van der Waals surface area (Å²) in [6.45, 7) is 1.41. The number of carboxylic acid groups (broad SMARTS) is 1. The average Bonchev–Trinajstić information content (AvgIpc) is 2.25. The van der Waals surface area contributed by atoms with Gasteiger partial charge in [-0.05, 0) is 6.92 Å². The standard InChI is InChI=1S/C7H12O6/c1-3-7(12-2,6(10)11)4(8)5(9)13-3/h3-5,8-9H,1-2H3,(H,10,11). The molecular weight excluding hydrogens is 180 g/mol. The second-order valence-electron chi connectivity index (χ2n) is 2.92. The number of carbonyl (C=O) groups is 1. The molecule has 0 aromatic heterocycles. The fraction of sp³-hybridized carbons (Fsp3) is 0.857. The zero-order chi connectivity index (χ0) is 10.2. The first-order valence-corrected chi connectivity index (χ1v) is 3.77. The number of hydrogen-bond donors (Lipinski definition) is 3. The molecule has 0 amide bonds. The van der Waals surface area contributed by atoms with Gasteiger partial charge < -0.3 is 24.8 Å². The number of aliphatic carboxylic acids is 1. The molecule has 6 heteroatoms. The zero-order valence-electron chi connectivity index (χ0n) is 7.30. The summed E-state index contributed by atoms with van der Waals surface area (Å²) < 4.78 is 9.46. The van der Waals surface area contributed by atoms with Gasteiger partial charge in [-0.2, -0.15) is 0 Å². The second kappa shape index (κ2) is 3.22. The van der Waals surface area contributed by atoms with Crippen LogP contribution in [0.2, 0.25) is 0 Å². The minimum Gasteiger partial charge on any atom is -0.479 e. The predicted molar refractivity (Wildman–Crippen MR) is 39.9 cm³/mol. The molecule has 0 aliphatic carbocycles. The van der Waals surface area contributed by atoms with Crippen LogP contribution < -0.4 is 0 Å². The number of ether oxygens (including phenoxy) is 2. The molecule has 4 unspecified atom stereocenters. The Kier molecular flexibility index (Phi) is 2.58. The summed E-state index contributed by atoms with van der Waals surface area (Å²) in [4.78, 5) is 10.8. The van der Waals surface area contributed by atoms with Crippen molar-refractivity contribution in [2.24, 2.45) is 0 Å². The molecule has 0 saturated carbocycles. The van der Waals surface area contributed by atoms with Crippen molar-refractivity contribution in [3.8, 4) is 0 Å². The van der Waals surface area contributed by atoms with E-state index in [1.54, 1.807) is 0 Å². The Hall–Kier alpha value is -0.690. The molecule has 1 aliphatic rings. The highest BCUT2D eigenvalue weighted by Crippen LogP contribution is 2.33. The molecule has 13 heavy (non-hydrogen) atoms. The van der Waals surface area contributed by atoms with Gasteiger partial charge in [0.2, 0.25) is 5.60 Å². The highest BCUT2D eigenvalue weighted by atomic mass is 16.7. The molecule has 6 nitrogen and oxygen atoms in total. The zero-order valence-corrected chi connectivity index (χ0v) is 7.30. The van der Waals surface area contributed by atoms with Gasteiger partial charge in [-0.15, -0.1) is 0 Å². The molecule has 0 aromatic rings. The van der Waals surface area contributed by atoms with Gasteiger partial charge in [0, 0.05) is 7.11 Å². The Bertz CT molecular complexity index is 217. The highest BCUT2D eigenvalue weighted by Gasteiger charge is 2.60. The van der Waals surface area contributed by atoms with Crippen LogP contribution in [-0.4, -0.2) is 52.5 Å². The van der Waals surface area contributed by atoms with Crippen LogP contribution in [-0.2, 0) is 14.3 Å². The van der Waals surface area contributed by atoms with E-state index in [1.165, 1.54) is 6.92 Å². The number of methoxy groups -OCH3 is 1. The number of aliphatic hydroxyl groups excluding tert-OH is 2. The third-order valence-electron chi connectivity index (χ3n) is 2.33. The van der Waals surface area contributed by atoms with Gasteiger partial charge in [0.15, 0.2) is 6.29 Å². The maximum absolute atomic E-state index is 10.8. The fourth-order valence-electron chi connectivity index (χ4n) is 1.51. The molecule has 4 atom stereocenters. The Morgan fingerprint density at radius 1 is 1.54 bits per heavy atom. The van der Waals surface area contributed by atoms with Crippen LogP contribution in [0.15, 0.2) is 0 Å². The molecule has 0 radical (unpaired) electrons. The van der Waals surface area contributed by atoms with E-state index in [4.69, 9.17) is 19.7 Å². The first kappa shape index (κ1) is 10.4. The van der Waals surface area contributed by atoms with Gasteiger partial charge >= 0.3 is 5.97 Å². The summed E-state index contributed by atoms with van der Waals surface area (Å²) in [6.07, 6.45) is -4.00. The molecule has 1 heterocycles. The van der Waals surface area contributed by atoms with E-state index in [2.05, 4.69) is 0 Å². The molecule has 1 rings (SSSR count). The number of rotatable bonds is 2. The van der Waals surface area contributed by atoms with Crippen molar-refractivity contribution in [2.75, 3.05) is 7.11 Å². The van der Waals surface area contributed by atoms with Crippen molar-refractivity contribution in [3.05, 3.63) is 0 Å². The fourth-order valence-corrected chi connectivity index (χ4v) is 1.51. The Morgan fingerprint density at radius 2 is 2.08 bits per heavy atom. The van der Waals surface area contributed by atoms with E-state index in [9.17, 15) is 9.90 Å². The average molecular weight is 192 g/mol. The molecule has 0 bridgehead atoms. The van der Waals surface area contributed by atoms with E-state index in [1.807, 2.05) is 0 Å². The van der Waals surface area contributed by atoms with Crippen molar-refractivity contribution >= 4 is 5.97 Å². The summed E-state index contributed by atoms with van der Waals surface area (Å²) in [7, 11) is 1.15. The summed E-state index contributed by atoms with van der Waals surface area (Å²) >= 11 is 0. The summed E-state index contributed by atoms with van der Waals surface area (Å²) in [5.41, 5.74) is -1.88. The molecule has 0 spiro atoms. The summed E-state index contributed by atoms with van der Waals surface area (Å²) in [6, 6.07) is 0. The van der Waals surface area contributed by atoms with Gasteiger partial charge in [-0.3, -0.25) is 0 Å². The SMILES string of the molecule is COC1(C(=O)O)C(C)OC(O)C1O. The largest absolute Gasteiger partial charge is 0.479 e. The third kappa shape index (κ3) is 1.22. The van der Waals surface area contributed by atoms with Crippen LogP contribution >= 0.6 is 0 Å². The van der Waals surface area contributed by atoms with Crippen LogP contribution in [0, 0.1) is 0 Å². The maximum Gasteiger partial charge on any atom is 0.341 e. The Labute approximate surface area is 74.7 Å². The van der Waals surface area contributed by atoms with Crippen LogP contribution in [0.3, 0.4) is 0 Å². The van der Waals surface area contributed by atoms with Crippen molar-refractivity contribution in [2.45, 2.75) is 31.0 Å². The van der Waals surface area contributed by atoms with E-state index < -0.39 is 30.1 Å². The monoisotopic (exact) mass is 192 g/mol. The van der Waals surface area contributed by atoms with E-state index >= 15 is 0 Å². The van der Waals surface area contributed by atoms with Crippen LogP contribution in [0.5, 0.6) is 0 Å². The molecule has 0 aromatic carbocycles. The van der Waals surface area contributed by atoms with Crippen LogP contribution in [0.25, 0.3) is 0 Å². The number of carboxylic acids is 1. The minimum atomic E-state index is -1.88. The molecular formula is C7H12O6. The quantitative estimate of drug-likeness (QED) is 0.495. The van der Waals surface area contributed by atoms with E-state index in [0.29, 0.717) is 0 Å². The number of hydrogen-bond acceptors (Lipinski definition) is 5. The van der Waals surface area contributed by atoms with Crippen molar-refractivity contribution in [3.63, 3.8) is 0 Å². The van der Waals surface area contributed by atoms with Crippen LogP contribution in [0.1, 0.15) is 6.92 Å². The predicted octanol–water partition coefficient (Wildman–Crippen LogP) is -1.45. The normalized spacial score (nSPS) is 45.1. The smallest absolute Gasteiger partial charge is 0.341 e. The van der Waals surface area contributed by atoms with E-state index in [0.717, 1.165) is 7.11 Å². The second-order valence-corrected chi connectivity index (χ2v) is 2.92. The third-order valence-corrected chi connectivity index (χ3v) is 2.33. The van der Waals surface area contributed by atoms with Crippen molar-refractivity contribution < 1.29 is 29.6 Å². The van der Waals surface area contributed by atoms with Crippen molar-refractivity contribution in [1.82, 2.24) is 0 Å². The van der Waals surface area contributed by atoms with E-state index in [-0.39, 0.29) is 0 Å². The summed E-state index contributed by atoms with van der Waals surface area (Å²) in [5, 5.41) is 27.3. The highest BCUT2D eigenvalue weighted by molar-refractivity contribution is 5.79. The molecule has 1 fully saturated rings. The topological polar surface area (TPSA) is 96.2 Å². The lowest BCUT2D eigenvalue weighted by molar-refractivity contribution is -0.179. The molecule has 1 aliphatic heterocycles. The maximum atomic E-state index is 10.8. The minimum absolute atomic E-state index is 0.903. The Balaban J connectivity index is 3.03. The molecule has 1 saturated heterocycles. The summed E-state index contributed by atoms with van der Waals surface area (Å²) in [5.74, 6) is -1.36. The molecule has 76 valence electrons. The first-order valence-electron chi connectivity index (χ1n) is 3.77. The Morgan fingerprint density at radius 3 is 2.23 bits per heavy atom.